The van der Waals surface area contributed by atoms with Gasteiger partial charge in [0, 0.05) is 12.6 Å². The van der Waals surface area contributed by atoms with Gasteiger partial charge in [-0.05, 0) is 37.1 Å². The largest absolute Gasteiger partial charge is 0.496 e. The molecular formula is C16H25N3O. The fraction of sp³-hybridized carbons (Fsp3) is 0.562. The minimum atomic E-state index is 0.0524. The van der Waals surface area contributed by atoms with Crippen LogP contribution in [-0.2, 0) is 6.54 Å². The molecule has 20 heavy (non-hydrogen) atoms. The van der Waals surface area contributed by atoms with Crippen LogP contribution >= 0.6 is 0 Å². The van der Waals surface area contributed by atoms with Crippen molar-refractivity contribution in [2.24, 2.45) is 5.73 Å². The molecule has 0 aliphatic heterocycles. The molecule has 1 aliphatic carbocycles. The van der Waals surface area contributed by atoms with E-state index in [9.17, 15) is 0 Å². The van der Waals surface area contributed by atoms with Gasteiger partial charge >= 0.3 is 0 Å². The number of benzene rings is 1. The average Bonchev–Trinajstić information content (AvgIpc) is 2.98. The molecule has 1 saturated carbocycles. The average molecular weight is 275 g/mol. The number of ether oxygens (including phenoxy) is 1. The van der Waals surface area contributed by atoms with E-state index in [1.54, 1.807) is 7.11 Å². The van der Waals surface area contributed by atoms with Crippen molar-refractivity contribution in [2.75, 3.05) is 13.7 Å². The van der Waals surface area contributed by atoms with Gasteiger partial charge in [-0.2, -0.15) is 0 Å². The van der Waals surface area contributed by atoms with Gasteiger partial charge in [0.25, 0.3) is 0 Å². The second kappa shape index (κ2) is 6.75. The van der Waals surface area contributed by atoms with Gasteiger partial charge in [0.15, 0.2) is 0 Å². The topological polar surface area (TPSA) is 62.3 Å². The zero-order chi connectivity index (χ0) is 14.5. The second-order valence-corrected chi connectivity index (χ2v) is 5.45. The molecule has 1 aliphatic rings. The van der Waals surface area contributed by atoms with Crippen molar-refractivity contribution in [1.29, 1.82) is 5.41 Å². The lowest BCUT2D eigenvalue weighted by atomic mass is 10.1. The molecule has 0 radical (unpaired) electrons. The molecule has 3 N–H and O–H groups in total. The molecule has 4 nitrogen and oxygen atoms in total. The predicted molar refractivity (Wildman–Crippen MR) is 82.4 cm³/mol. The maximum atomic E-state index is 7.55. The number of nitrogens with one attached hydrogen (secondary N) is 1. The van der Waals surface area contributed by atoms with E-state index in [-0.39, 0.29) is 5.84 Å². The fourth-order valence-electron chi connectivity index (χ4n) is 3.06. The Morgan fingerprint density at radius 3 is 2.65 bits per heavy atom. The van der Waals surface area contributed by atoms with Gasteiger partial charge in [-0.25, -0.2) is 0 Å². The summed E-state index contributed by atoms with van der Waals surface area (Å²) in [7, 11) is 1.63. The smallest absolute Gasteiger partial charge is 0.130 e. The number of rotatable bonds is 6. The summed E-state index contributed by atoms with van der Waals surface area (Å²) < 4.78 is 5.35. The summed E-state index contributed by atoms with van der Waals surface area (Å²) in [6.07, 6.45) is 5.34. The highest BCUT2D eigenvalue weighted by Gasteiger charge is 2.21. The molecule has 0 amide bonds. The minimum absolute atomic E-state index is 0.0524. The highest BCUT2D eigenvalue weighted by Crippen LogP contribution is 2.26. The Balaban J connectivity index is 2.13. The summed E-state index contributed by atoms with van der Waals surface area (Å²) in [6.45, 7) is 4.23. The third kappa shape index (κ3) is 3.31. The molecule has 2 rings (SSSR count). The Labute approximate surface area is 121 Å². The first-order valence-electron chi connectivity index (χ1n) is 7.41. The number of nitrogens with zero attached hydrogens (tertiary/aromatic N) is 1. The number of nitrogen functional groups attached to an aromatic ring is 1. The molecule has 0 spiro atoms. The van der Waals surface area contributed by atoms with E-state index in [1.807, 2.05) is 12.1 Å². The number of amidine groups is 1. The van der Waals surface area contributed by atoms with E-state index in [0.29, 0.717) is 11.3 Å². The van der Waals surface area contributed by atoms with Gasteiger partial charge in [-0.3, -0.25) is 10.3 Å². The lowest BCUT2D eigenvalue weighted by molar-refractivity contribution is 0.200. The first-order chi connectivity index (χ1) is 9.65. The van der Waals surface area contributed by atoms with Crippen molar-refractivity contribution in [1.82, 2.24) is 4.90 Å². The molecule has 4 heteroatoms. The Kier molecular flexibility index (Phi) is 5.01. The predicted octanol–water partition coefficient (Wildman–Crippen LogP) is 2.74. The summed E-state index contributed by atoms with van der Waals surface area (Å²) in [5, 5.41) is 7.55. The zero-order valence-electron chi connectivity index (χ0n) is 12.5. The Hall–Kier alpha value is -1.55. The third-order valence-corrected chi connectivity index (χ3v) is 4.19. The van der Waals surface area contributed by atoms with E-state index >= 15 is 0 Å². The van der Waals surface area contributed by atoms with Gasteiger partial charge < -0.3 is 10.5 Å². The van der Waals surface area contributed by atoms with Crippen molar-refractivity contribution in [3.63, 3.8) is 0 Å². The summed E-state index contributed by atoms with van der Waals surface area (Å²) in [6, 6.07) is 6.67. The molecule has 0 aromatic heterocycles. The molecule has 1 fully saturated rings. The summed E-state index contributed by atoms with van der Waals surface area (Å²) in [5.41, 5.74) is 7.45. The highest BCUT2D eigenvalue weighted by molar-refractivity contribution is 5.97. The van der Waals surface area contributed by atoms with Gasteiger partial charge in [0.1, 0.15) is 11.6 Å². The maximum Gasteiger partial charge on any atom is 0.130 e. The van der Waals surface area contributed by atoms with E-state index in [1.165, 1.54) is 31.2 Å². The molecule has 0 heterocycles. The number of nitrogens with two attached hydrogens (primary N) is 1. The lowest BCUT2D eigenvalue weighted by Crippen LogP contribution is -2.32. The van der Waals surface area contributed by atoms with Crippen LogP contribution in [0.4, 0.5) is 0 Å². The minimum Gasteiger partial charge on any atom is -0.496 e. The number of methoxy groups -OCH3 is 1. The highest BCUT2D eigenvalue weighted by atomic mass is 16.5. The quantitative estimate of drug-likeness (QED) is 0.620. The van der Waals surface area contributed by atoms with Crippen LogP contribution in [-0.4, -0.2) is 30.4 Å². The van der Waals surface area contributed by atoms with Crippen molar-refractivity contribution in [3.05, 3.63) is 29.3 Å². The van der Waals surface area contributed by atoms with Gasteiger partial charge in [0.05, 0.1) is 12.7 Å². The number of hydrogen-bond acceptors (Lipinski definition) is 3. The van der Waals surface area contributed by atoms with Gasteiger partial charge in [-0.1, -0.05) is 25.8 Å². The van der Waals surface area contributed by atoms with Gasteiger partial charge in [0.2, 0.25) is 0 Å². The monoisotopic (exact) mass is 275 g/mol. The summed E-state index contributed by atoms with van der Waals surface area (Å²) >= 11 is 0. The zero-order valence-corrected chi connectivity index (χ0v) is 12.5. The molecule has 0 saturated heterocycles. The van der Waals surface area contributed by atoms with Gasteiger partial charge in [-0.15, -0.1) is 0 Å². The normalized spacial score (nSPS) is 15.8. The molecular weight excluding hydrogens is 250 g/mol. The van der Waals surface area contributed by atoms with E-state index < -0.39 is 0 Å². The van der Waals surface area contributed by atoms with Crippen molar-refractivity contribution in [3.8, 4) is 5.75 Å². The molecule has 0 unspecified atom stereocenters. The van der Waals surface area contributed by atoms with Crippen molar-refractivity contribution < 1.29 is 4.74 Å². The first kappa shape index (κ1) is 14.9. The molecule has 0 bridgehead atoms. The van der Waals surface area contributed by atoms with Crippen LogP contribution in [0.2, 0.25) is 0 Å². The van der Waals surface area contributed by atoms with Crippen LogP contribution < -0.4 is 10.5 Å². The van der Waals surface area contributed by atoms with Crippen LogP contribution in [0.3, 0.4) is 0 Å². The van der Waals surface area contributed by atoms with Crippen LogP contribution in [0.25, 0.3) is 0 Å². The van der Waals surface area contributed by atoms with Crippen LogP contribution in [0.15, 0.2) is 18.2 Å². The van der Waals surface area contributed by atoms with E-state index in [0.717, 1.165) is 19.1 Å². The summed E-state index contributed by atoms with van der Waals surface area (Å²) in [5.74, 6) is 0.744. The Bertz CT molecular complexity index is 467. The second-order valence-electron chi connectivity index (χ2n) is 5.45. The molecule has 0 atom stereocenters. The SMILES string of the molecule is CCN(Cc1ccc(C(=N)N)c(OC)c1)C1CCCC1. The Morgan fingerprint density at radius 2 is 2.10 bits per heavy atom. The molecule has 1 aromatic rings. The van der Waals surface area contributed by atoms with Crippen LogP contribution in [0.5, 0.6) is 5.75 Å². The maximum absolute atomic E-state index is 7.55. The standard InChI is InChI=1S/C16H25N3O/c1-3-19(13-6-4-5-7-13)11-12-8-9-14(16(17)18)15(10-12)20-2/h8-10,13H,3-7,11H2,1-2H3,(H3,17,18). The molecule has 1 aromatic carbocycles. The van der Waals surface area contributed by atoms with Crippen molar-refractivity contribution >= 4 is 5.84 Å². The first-order valence-corrected chi connectivity index (χ1v) is 7.41. The number of hydrogen-bond donors (Lipinski definition) is 2. The van der Waals surface area contributed by atoms with E-state index in [2.05, 4.69) is 17.9 Å². The van der Waals surface area contributed by atoms with Crippen molar-refractivity contribution in [2.45, 2.75) is 45.2 Å². The molecule has 110 valence electrons. The Morgan fingerprint density at radius 1 is 1.40 bits per heavy atom. The third-order valence-electron chi connectivity index (χ3n) is 4.19. The van der Waals surface area contributed by atoms with Crippen LogP contribution in [0, 0.1) is 5.41 Å². The fourth-order valence-corrected chi connectivity index (χ4v) is 3.06. The van der Waals surface area contributed by atoms with E-state index in [4.69, 9.17) is 15.9 Å². The lowest BCUT2D eigenvalue weighted by Gasteiger charge is -2.27. The van der Waals surface area contributed by atoms with Crippen LogP contribution in [0.1, 0.15) is 43.7 Å². The summed E-state index contributed by atoms with van der Waals surface area (Å²) in [4.78, 5) is 2.54.